The van der Waals surface area contributed by atoms with Gasteiger partial charge in [-0.05, 0) is 37.0 Å². The predicted molar refractivity (Wildman–Crippen MR) is 75.4 cm³/mol. The van der Waals surface area contributed by atoms with Gasteiger partial charge in [0.2, 0.25) is 0 Å². The molecule has 2 atom stereocenters. The lowest BCUT2D eigenvalue weighted by Crippen LogP contribution is -2.30. The lowest BCUT2D eigenvalue weighted by molar-refractivity contribution is 0.0947. The van der Waals surface area contributed by atoms with E-state index in [0.717, 1.165) is 6.54 Å². The Kier molecular flexibility index (Phi) is 4.64. The molecule has 1 aliphatic rings. The second kappa shape index (κ2) is 6.23. The van der Waals surface area contributed by atoms with Crippen molar-refractivity contribution >= 4 is 21.8 Å². The second-order valence-electron chi connectivity index (χ2n) is 4.65. The van der Waals surface area contributed by atoms with Gasteiger partial charge in [-0.15, -0.1) is 0 Å². The maximum atomic E-state index is 12.0. The van der Waals surface area contributed by atoms with Crippen molar-refractivity contribution in [2.45, 2.75) is 24.1 Å². The topological polar surface area (TPSA) is 38.3 Å². The third-order valence-electron chi connectivity index (χ3n) is 3.42. The minimum absolute atomic E-state index is 0.0273. The van der Waals surface area contributed by atoms with Crippen molar-refractivity contribution in [2.75, 3.05) is 13.7 Å². The monoisotopic (exact) mass is 311 g/mol. The zero-order valence-corrected chi connectivity index (χ0v) is 12.1. The number of benzene rings is 1. The molecule has 18 heavy (non-hydrogen) atoms. The molecule has 1 aromatic rings. The van der Waals surface area contributed by atoms with Gasteiger partial charge in [0.25, 0.3) is 5.91 Å². The Morgan fingerprint density at radius 3 is 3.00 bits per heavy atom. The first-order valence-electron chi connectivity index (χ1n) is 6.27. The van der Waals surface area contributed by atoms with E-state index < -0.39 is 0 Å². The van der Waals surface area contributed by atoms with Crippen LogP contribution in [-0.4, -0.2) is 24.4 Å². The molecule has 1 saturated carbocycles. The number of ether oxygens (including phenoxy) is 1. The molecule has 0 spiro atoms. The third-order valence-corrected chi connectivity index (χ3v) is 4.63. The van der Waals surface area contributed by atoms with Gasteiger partial charge in [-0.25, -0.2) is 0 Å². The first kappa shape index (κ1) is 13.4. The van der Waals surface area contributed by atoms with E-state index >= 15 is 0 Å². The lowest BCUT2D eigenvalue weighted by Gasteiger charge is -2.14. The molecule has 1 aliphatic carbocycles. The number of alkyl halides is 1. The van der Waals surface area contributed by atoms with Crippen LogP contribution in [0.4, 0.5) is 0 Å². The van der Waals surface area contributed by atoms with E-state index in [9.17, 15) is 4.79 Å². The largest absolute Gasteiger partial charge is 0.497 e. The summed E-state index contributed by atoms with van der Waals surface area (Å²) in [6.45, 7) is 0.742. The Balaban J connectivity index is 1.90. The fraction of sp³-hybridized carbons (Fsp3) is 0.500. The van der Waals surface area contributed by atoms with Gasteiger partial charge in [0.1, 0.15) is 5.75 Å². The number of halogens is 1. The zero-order valence-electron chi connectivity index (χ0n) is 10.5. The smallest absolute Gasteiger partial charge is 0.251 e. The highest BCUT2D eigenvalue weighted by Crippen LogP contribution is 2.30. The van der Waals surface area contributed by atoms with Gasteiger partial charge in [0.15, 0.2) is 0 Å². The summed E-state index contributed by atoms with van der Waals surface area (Å²) in [7, 11) is 1.60. The molecule has 1 fully saturated rings. The molecule has 1 N–H and O–H groups in total. The molecule has 0 radical (unpaired) electrons. The highest BCUT2D eigenvalue weighted by molar-refractivity contribution is 9.09. The second-order valence-corrected chi connectivity index (χ2v) is 5.83. The average Bonchev–Trinajstić information content (AvgIpc) is 2.81. The van der Waals surface area contributed by atoms with Gasteiger partial charge in [-0.1, -0.05) is 28.4 Å². The van der Waals surface area contributed by atoms with Crippen LogP contribution in [0.25, 0.3) is 0 Å². The molecule has 4 heteroatoms. The summed E-state index contributed by atoms with van der Waals surface area (Å²) in [6, 6.07) is 7.23. The van der Waals surface area contributed by atoms with Crippen molar-refractivity contribution < 1.29 is 9.53 Å². The summed E-state index contributed by atoms with van der Waals surface area (Å²) >= 11 is 3.66. The SMILES string of the molecule is COc1cccc(C(=O)NCC2CCCC2Br)c1. The first-order valence-corrected chi connectivity index (χ1v) is 7.18. The van der Waals surface area contributed by atoms with Crippen LogP contribution >= 0.6 is 15.9 Å². The summed E-state index contributed by atoms with van der Waals surface area (Å²) in [5.74, 6) is 1.24. The van der Waals surface area contributed by atoms with Crippen molar-refractivity contribution in [1.82, 2.24) is 5.32 Å². The number of carbonyl (C=O) groups excluding carboxylic acids is 1. The average molecular weight is 312 g/mol. The van der Waals surface area contributed by atoms with Gasteiger partial charge in [0, 0.05) is 16.9 Å². The van der Waals surface area contributed by atoms with Crippen molar-refractivity contribution in [1.29, 1.82) is 0 Å². The zero-order chi connectivity index (χ0) is 13.0. The van der Waals surface area contributed by atoms with E-state index in [4.69, 9.17) is 4.74 Å². The Bertz CT molecular complexity index is 422. The van der Waals surface area contributed by atoms with Gasteiger partial charge < -0.3 is 10.1 Å². The fourth-order valence-corrected chi connectivity index (χ4v) is 3.09. The van der Waals surface area contributed by atoms with E-state index in [1.165, 1.54) is 19.3 Å². The normalized spacial score (nSPS) is 22.8. The molecule has 1 amide bonds. The van der Waals surface area contributed by atoms with E-state index in [1.54, 1.807) is 19.2 Å². The number of amides is 1. The summed E-state index contributed by atoms with van der Waals surface area (Å²) in [5, 5.41) is 3.00. The molecular weight excluding hydrogens is 294 g/mol. The van der Waals surface area contributed by atoms with Gasteiger partial charge in [-0.3, -0.25) is 4.79 Å². The number of nitrogens with one attached hydrogen (secondary N) is 1. The van der Waals surface area contributed by atoms with E-state index in [0.29, 0.717) is 22.1 Å². The number of methoxy groups -OCH3 is 1. The molecule has 0 aromatic heterocycles. The maximum absolute atomic E-state index is 12.0. The Hall–Kier alpha value is -1.03. The molecular formula is C14H18BrNO2. The summed E-state index contributed by atoms with van der Waals surface area (Å²) < 4.78 is 5.11. The van der Waals surface area contributed by atoms with E-state index in [1.807, 2.05) is 12.1 Å². The van der Waals surface area contributed by atoms with Crippen molar-refractivity contribution in [2.24, 2.45) is 5.92 Å². The molecule has 1 aromatic carbocycles. The quantitative estimate of drug-likeness (QED) is 0.868. The molecule has 0 aliphatic heterocycles. The van der Waals surface area contributed by atoms with Crippen LogP contribution < -0.4 is 10.1 Å². The first-order chi connectivity index (χ1) is 8.70. The van der Waals surface area contributed by atoms with Crippen LogP contribution in [-0.2, 0) is 0 Å². The number of carbonyl (C=O) groups is 1. The Morgan fingerprint density at radius 1 is 1.50 bits per heavy atom. The van der Waals surface area contributed by atoms with Gasteiger partial charge >= 0.3 is 0 Å². The van der Waals surface area contributed by atoms with Gasteiger partial charge in [-0.2, -0.15) is 0 Å². The summed E-state index contributed by atoms with van der Waals surface area (Å²) in [4.78, 5) is 12.5. The Labute approximate surface area is 116 Å². The number of hydrogen-bond acceptors (Lipinski definition) is 2. The standard InChI is InChI=1S/C14H18BrNO2/c1-18-12-6-2-4-10(8-12)14(17)16-9-11-5-3-7-13(11)15/h2,4,6,8,11,13H,3,5,7,9H2,1H3,(H,16,17). The van der Waals surface area contributed by atoms with Crippen molar-refractivity contribution in [3.8, 4) is 5.75 Å². The predicted octanol–water partition coefficient (Wildman–Crippen LogP) is 2.99. The molecule has 0 saturated heterocycles. The molecule has 2 rings (SSSR count). The van der Waals surface area contributed by atoms with Crippen LogP contribution in [0.1, 0.15) is 29.6 Å². The maximum Gasteiger partial charge on any atom is 0.251 e. The summed E-state index contributed by atoms with van der Waals surface area (Å²) in [6.07, 6.45) is 3.64. The van der Waals surface area contributed by atoms with Crippen LogP contribution in [0.15, 0.2) is 24.3 Å². The van der Waals surface area contributed by atoms with Crippen LogP contribution in [0.3, 0.4) is 0 Å². The van der Waals surface area contributed by atoms with Crippen molar-refractivity contribution in [3.05, 3.63) is 29.8 Å². The van der Waals surface area contributed by atoms with E-state index in [2.05, 4.69) is 21.2 Å². The minimum atomic E-state index is -0.0273. The highest BCUT2D eigenvalue weighted by Gasteiger charge is 2.25. The summed E-state index contributed by atoms with van der Waals surface area (Å²) in [5.41, 5.74) is 0.651. The van der Waals surface area contributed by atoms with Crippen LogP contribution in [0.2, 0.25) is 0 Å². The molecule has 0 heterocycles. The molecule has 98 valence electrons. The van der Waals surface area contributed by atoms with Crippen molar-refractivity contribution in [3.63, 3.8) is 0 Å². The van der Waals surface area contributed by atoms with Crippen LogP contribution in [0.5, 0.6) is 5.75 Å². The van der Waals surface area contributed by atoms with Gasteiger partial charge in [0.05, 0.1) is 7.11 Å². The minimum Gasteiger partial charge on any atom is -0.497 e. The number of hydrogen-bond donors (Lipinski definition) is 1. The third kappa shape index (κ3) is 3.25. The van der Waals surface area contributed by atoms with Crippen LogP contribution in [0, 0.1) is 5.92 Å². The molecule has 2 unspecified atom stereocenters. The molecule has 3 nitrogen and oxygen atoms in total. The highest BCUT2D eigenvalue weighted by atomic mass is 79.9. The lowest BCUT2D eigenvalue weighted by atomic mass is 10.1. The fourth-order valence-electron chi connectivity index (χ4n) is 2.31. The van der Waals surface area contributed by atoms with E-state index in [-0.39, 0.29) is 5.91 Å². The Morgan fingerprint density at radius 2 is 2.33 bits per heavy atom. The molecule has 0 bridgehead atoms. The number of rotatable bonds is 4.